The molecule has 2 fully saturated rings. The van der Waals surface area contributed by atoms with Crippen molar-refractivity contribution in [2.75, 3.05) is 6.61 Å². The van der Waals surface area contributed by atoms with Gasteiger partial charge in [0.2, 0.25) is 0 Å². The van der Waals surface area contributed by atoms with Crippen molar-refractivity contribution in [2.45, 2.75) is 71.6 Å². The minimum absolute atomic E-state index is 0.0619. The highest BCUT2D eigenvalue weighted by Gasteiger charge is 2.33. The van der Waals surface area contributed by atoms with E-state index in [0.29, 0.717) is 5.92 Å². The van der Waals surface area contributed by atoms with Crippen molar-refractivity contribution in [3.05, 3.63) is 47.5 Å². The summed E-state index contributed by atoms with van der Waals surface area (Å²) in [5, 5.41) is 0. The topological polar surface area (TPSA) is 35.5 Å². The van der Waals surface area contributed by atoms with Gasteiger partial charge in [0.05, 0.1) is 18.1 Å². The maximum absolute atomic E-state index is 14.9. The molecular formula is C29H34F4O3. The fraction of sp³-hybridized carbons (Fsp3) is 0.552. The molecule has 0 saturated heterocycles. The number of benzene rings is 2. The van der Waals surface area contributed by atoms with Gasteiger partial charge in [-0.1, -0.05) is 25.8 Å². The van der Waals surface area contributed by atoms with Crippen molar-refractivity contribution in [1.29, 1.82) is 0 Å². The lowest BCUT2D eigenvalue weighted by molar-refractivity contribution is -0.140. The number of hydrogen-bond donors (Lipinski definition) is 0. The van der Waals surface area contributed by atoms with E-state index in [1.54, 1.807) is 6.92 Å². The Labute approximate surface area is 210 Å². The first-order chi connectivity index (χ1) is 17.3. The van der Waals surface area contributed by atoms with E-state index in [0.717, 1.165) is 43.6 Å². The van der Waals surface area contributed by atoms with E-state index in [9.17, 15) is 22.4 Å². The second kappa shape index (κ2) is 11.7. The Bertz CT molecular complexity index is 1050. The zero-order valence-electron chi connectivity index (χ0n) is 20.9. The minimum Gasteiger partial charge on any atom is -0.491 e. The Morgan fingerprint density at radius 2 is 1.53 bits per heavy atom. The molecule has 2 aromatic carbocycles. The lowest BCUT2D eigenvalue weighted by atomic mass is 9.69. The molecule has 2 aromatic rings. The summed E-state index contributed by atoms with van der Waals surface area (Å²) in [6, 6.07) is 6.11. The molecule has 4 rings (SSSR count). The molecule has 2 saturated carbocycles. The van der Waals surface area contributed by atoms with Crippen LogP contribution in [-0.4, -0.2) is 12.6 Å². The molecule has 3 nitrogen and oxygen atoms in total. The Morgan fingerprint density at radius 3 is 2.11 bits per heavy atom. The van der Waals surface area contributed by atoms with Gasteiger partial charge in [-0.3, -0.25) is 4.79 Å². The number of alkyl halides is 2. The average molecular weight is 507 g/mol. The molecule has 2 aliphatic rings. The molecule has 0 N–H and O–H groups in total. The van der Waals surface area contributed by atoms with Crippen LogP contribution in [0.15, 0.2) is 30.3 Å². The predicted molar refractivity (Wildman–Crippen MR) is 130 cm³/mol. The molecule has 0 heterocycles. The third-order valence-electron chi connectivity index (χ3n) is 7.95. The minimum atomic E-state index is -3.12. The van der Waals surface area contributed by atoms with Gasteiger partial charge in [0, 0.05) is 0 Å². The molecule has 0 aromatic heterocycles. The Morgan fingerprint density at radius 1 is 0.917 bits per heavy atom. The highest BCUT2D eigenvalue weighted by molar-refractivity contribution is 5.76. The van der Waals surface area contributed by atoms with Crippen LogP contribution in [0, 0.1) is 35.3 Å². The van der Waals surface area contributed by atoms with E-state index in [2.05, 4.69) is 6.92 Å². The first-order valence-corrected chi connectivity index (χ1v) is 13.0. The molecule has 0 amide bonds. The van der Waals surface area contributed by atoms with Crippen LogP contribution in [0.2, 0.25) is 0 Å². The van der Waals surface area contributed by atoms with Gasteiger partial charge in [0.15, 0.2) is 23.1 Å². The van der Waals surface area contributed by atoms with E-state index in [1.807, 2.05) is 0 Å². The SMILES string of the molecule is CCOc1ccc(-c2ccc(OC(=O)C3CCC(C4CCC(C)CC4)CC3)c(F)c2)c(C(F)F)c1F. The van der Waals surface area contributed by atoms with Gasteiger partial charge in [0.25, 0.3) is 6.43 Å². The maximum Gasteiger partial charge on any atom is 0.314 e. The highest BCUT2D eigenvalue weighted by Crippen LogP contribution is 2.42. The number of esters is 1. The third-order valence-corrected chi connectivity index (χ3v) is 7.95. The van der Waals surface area contributed by atoms with Crippen molar-refractivity contribution in [3.8, 4) is 22.6 Å². The summed E-state index contributed by atoms with van der Waals surface area (Å²) < 4.78 is 67.2. The Balaban J connectivity index is 1.41. The first-order valence-electron chi connectivity index (χ1n) is 13.0. The van der Waals surface area contributed by atoms with Gasteiger partial charge in [0.1, 0.15) is 0 Å². The van der Waals surface area contributed by atoms with Crippen LogP contribution in [0.1, 0.15) is 77.2 Å². The molecule has 0 radical (unpaired) electrons. The van der Waals surface area contributed by atoms with Gasteiger partial charge in [-0.25, -0.2) is 17.6 Å². The quantitative estimate of drug-likeness (QED) is 0.215. The lowest BCUT2D eigenvalue weighted by Crippen LogP contribution is -2.30. The lowest BCUT2D eigenvalue weighted by Gasteiger charge is -2.36. The number of rotatable bonds is 7. The second-order valence-electron chi connectivity index (χ2n) is 10.3. The van der Waals surface area contributed by atoms with Gasteiger partial charge in [-0.2, -0.15) is 0 Å². The van der Waals surface area contributed by atoms with Crippen LogP contribution in [-0.2, 0) is 4.79 Å². The average Bonchev–Trinajstić information content (AvgIpc) is 2.86. The molecular weight excluding hydrogens is 472 g/mol. The molecule has 0 aliphatic heterocycles. The molecule has 36 heavy (non-hydrogen) atoms. The van der Waals surface area contributed by atoms with Crippen molar-refractivity contribution >= 4 is 5.97 Å². The Kier molecular flexibility index (Phi) is 8.58. The summed E-state index contributed by atoms with van der Waals surface area (Å²) in [7, 11) is 0. The van der Waals surface area contributed by atoms with Crippen LogP contribution in [0.25, 0.3) is 11.1 Å². The normalized spacial score (nSPS) is 24.5. The van der Waals surface area contributed by atoms with Crippen molar-refractivity contribution < 1.29 is 31.8 Å². The summed E-state index contributed by atoms with van der Waals surface area (Å²) in [5.74, 6) is -1.09. The largest absolute Gasteiger partial charge is 0.491 e. The van der Waals surface area contributed by atoms with Crippen LogP contribution in [0.3, 0.4) is 0 Å². The molecule has 0 spiro atoms. The van der Waals surface area contributed by atoms with Crippen LogP contribution < -0.4 is 9.47 Å². The summed E-state index contributed by atoms with van der Waals surface area (Å²) in [5.41, 5.74) is -0.931. The zero-order chi connectivity index (χ0) is 25.8. The fourth-order valence-electron chi connectivity index (χ4n) is 5.83. The van der Waals surface area contributed by atoms with E-state index in [1.165, 1.54) is 49.9 Å². The predicted octanol–water partition coefficient (Wildman–Crippen LogP) is 8.51. The standard InChI is InChI=1S/C29H34F4O3/c1-3-35-25-15-13-22(26(27(25)31)28(32)33)21-12-14-24(23(30)16-21)36-29(34)20-10-8-19(9-11-20)18-6-4-17(2)5-7-18/h12-20,28H,3-11H2,1-2H3. The summed E-state index contributed by atoms with van der Waals surface area (Å²) >= 11 is 0. The molecule has 0 bridgehead atoms. The smallest absolute Gasteiger partial charge is 0.314 e. The number of carbonyl (C=O) groups is 1. The first kappa shape index (κ1) is 26.5. The van der Waals surface area contributed by atoms with E-state index >= 15 is 0 Å². The molecule has 196 valence electrons. The van der Waals surface area contributed by atoms with Crippen molar-refractivity contribution in [1.82, 2.24) is 0 Å². The van der Waals surface area contributed by atoms with Crippen molar-refractivity contribution in [2.24, 2.45) is 23.7 Å². The van der Waals surface area contributed by atoms with Gasteiger partial charge in [-0.05, 0) is 98.6 Å². The molecule has 2 aliphatic carbocycles. The summed E-state index contributed by atoms with van der Waals surface area (Å²) in [4.78, 5) is 12.7. The molecule has 7 heteroatoms. The molecule has 0 unspecified atom stereocenters. The maximum atomic E-state index is 14.9. The van der Waals surface area contributed by atoms with Gasteiger partial charge in [-0.15, -0.1) is 0 Å². The number of carbonyl (C=O) groups excluding carboxylic acids is 1. The van der Waals surface area contributed by atoms with Crippen molar-refractivity contribution in [3.63, 3.8) is 0 Å². The van der Waals surface area contributed by atoms with Crippen LogP contribution in [0.5, 0.6) is 11.5 Å². The summed E-state index contributed by atoms with van der Waals surface area (Å²) in [6.07, 6.45) is 5.42. The third kappa shape index (κ3) is 5.87. The van der Waals surface area contributed by atoms with Gasteiger partial charge < -0.3 is 9.47 Å². The van der Waals surface area contributed by atoms with E-state index < -0.39 is 29.6 Å². The van der Waals surface area contributed by atoms with Crippen LogP contribution >= 0.6 is 0 Å². The second-order valence-corrected chi connectivity index (χ2v) is 10.3. The summed E-state index contributed by atoms with van der Waals surface area (Å²) in [6.45, 7) is 4.05. The monoisotopic (exact) mass is 506 g/mol. The highest BCUT2D eigenvalue weighted by atomic mass is 19.3. The van der Waals surface area contributed by atoms with E-state index in [4.69, 9.17) is 9.47 Å². The zero-order valence-corrected chi connectivity index (χ0v) is 20.9. The number of ether oxygens (including phenoxy) is 2. The van der Waals surface area contributed by atoms with Crippen LogP contribution in [0.4, 0.5) is 17.6 Å². The molecule has 0 atom stereocenters. The fourth-order valence-corrected chi connectivity index (χ4v) is 5.83. The Hall–Kier alpha value is -2.57. The van der Waals surface area contributed by atoms with Gasteiger partial charge >= 0.3 is 5.97 Å². The van der Waals surface area contributed by atoms with E-state index in [-0.39, 0.29) is 35.2 Å². The number of halogens is 4. The number of hydrogen-bond acceptors (Lipinski definition) is 3.